The van der Waals surface area contributed by atoms with Crippen molar-refractivity contribution in [3.63, 3.8) is 0 Å². The summed E-state index contributed by atoms with van der Waals surface area (Å²) in [5.74, 6) is 0. The Morgan fingerprint density at radius 3 is 1.53 bits per heavy atom. The fourth-order valence-electron chi connectivity index (χ4n) is 1.14. The summed E-state index contributed by atoms with van der Waals surface area (Å²) in [6, 6.07) is 0. The van der Waals surface area contributed by atoms with E-state index < -0.39 is 16.5 Å². The summed E-state index contributed by atoms with van der Waals surface area (Å²) in [6.45, 7) is 2.60. The molecule has 10 heteroatoms. The smallest absolute Gasteiger partial charge is 0.781 e. The molecule has 0 aromatic carbocycles. The molecule has 0 amide bonds. The van der Waals surface area contributed by atoms with E-state index in [1.807, 2.05) is 0 Å². The maximum absolute atomic E-state index is 9.29. The average molecular weight is 366 g/mol. The first kappa shape index (κ1) is 30.5. The number of hydrogen-bond acceptors (Lipinski definition) is 6. The largest absolute Gasteiger partial charge is 1.00 e. The Kier molecular flexibility index (Phi) is 42.4. The summed E-state index contributed by atoms with van der Waals surface area (Å²) in [7, 11) is -7.03. The minimum atomic E-state index is -3.51. The Hall–Kier alpha value is 3.57. The molecule has 0 heterocycles. The second-order valence-corrected chi connectivity index (χ2v) is 5.26. The fraction of sp³-hybridized carbons (Fsp3) is 1.00. The van der Waals surface area contributed by atoms with E-state index in [9.17, 15) is 18.9 Å². The summed E-state index contributed by atoms with van der Waals surface area (Å²) in [6.07, 6.45) is 8.93. The van der Waals surface area contributed by atoms with Crippen molar-refractivity contribution >= 4 is 16.5 Å². The third kappa shape index (κ3) is 38.9. The fourth-order valence-corrected chi connectivity index (χ4v) is 1.68. The number of unbranched alkanes of at least 4 members (excludes halogenated alkanes) is 6. The molecular weight excluding hydrogens is 344 g/mol. The van der Waals surface area contributed by atoms with Crippen LogP contribution in [0.5, 0.6) is 0 Å². The predicted molar refractivity (Wildman–Crippen MR) is 64.2 cm³/mol. The van der Waals surface area contributed by atoms with Gasteiger partial charge in [-0.3, -0.25) is 4.31 Å². The van der Waals surface area contributed by atoms with Gasteiger partial charge in [-0.05, 0) is 6.42 Å². The molecule has 0 aliphatic carbocycles. The number of aliphatic hydroxyl groups is 1. The topological polar surface area (TPSA) is 110 Å². The van der Waals surface area contributed by atoms with E-state index in [0.29, 0.717) is 6.61 Å². The van der Waals surface area contributed by atoms with Crippen LogP contribution in [-0.4, -0.2) is 11.7 Å². The van der Waals surface area contributed by atoms with Gasteiger partial charge in [0.25, 0.3) is 0 Å². The predicted octanol–water partition coefficient (Wildman–Crippen LogP) is -4.76. The normalized spacial score (nSPS) is 12.2. The van der Waals surface area contributed by atoms with Crippen molar-refractivity contribution in [3.8, 4) is 0 Å². The zero-order valence-corrected chi connectivity index (χ0v) is 20.4. The maximum Gasteiger partial charge on any atom is 1.00 e. The van der Waals surface area contributed by atoms with Gasteiger partial charge in [0.2, 0.25) is 0 Å². The van der Waals surface area contributed by atoms with Crippen LogP contribution < -0.4 is 113 Å². The van der Waals surface area contributed by atoms with E-state index in [0.717, 1.165) is 6.42 Å². The van der Waals surface area contributed by atoms with Gasteiger partial charge in [0.15, 0.2) is 0 Å². The second kappa shape index (κ2) is 26.5. The molecule has 0 bridgehead atoms. The molecule has 0 radical (unpaired) electrons. The van der Waals surface area contributed by atoms with Gasteiger partial charge >= 0.3 is 103 Å². The molecule has 0 aromatic heterocycles. The maximum atomic E-state index is 9.29. The molecule has 0 spiro atoms. The van der Waals surface area contributed by atoms with E-state index in [-0.39, 0.29) is 103 Å². The van der Waals surface area contributed by atoms with Crippen LogP contribution in [0.2, 0.25) is 0 Å². The Morgan fingerprint density at radius 2 is 1.26 bits per heavy atom. The van der Waals surface area contributed by atoms with E-state index in [4.69, 9.17) is 5.11 Å². The molecule has 19 heavy (non-hydrogen) atoms. The first-order valence-corrected chi connectivity index (χ1v) is 8.20. The van der Waals surface area contributed by atoms with Crippen LogP contribution in [0.3, 0.4) is 0 Å². The standard InChI is InChI=1S/C9H20O.2K.H4O5P2/c1-2-3-4-5-6-7-8-9-10;;;1-6(2)5-7(3)4/h10H,2-9H2,1H3;;;6-7H,(H,1,2)(H,3,4)/q;2*+1;/p-2. The van der Waals surface area contributed by atoms with Crippen LogP contribution in [0.4, 0.5) is 0 Å². The van der Waals surface area contributed by atoms with Gasteiger partial charge in [-0.15, -0.1) is 0 Å². The molecule has 106 valence electrons. The van der Waals surface area contributed by atoms with Gasteiger partial charge in [0.1, 0.15) is 16.5 Å². The Bertz CT molecular complexity index is 189. The monoisotopic (exact) mass is 366 g/mol. The van der Waals surface area contributed by atoms with Gasteiger partial charge in [-0.25, -0.2) is 0 Å². The third-order valence-electron chi connectivity index (χ3n) is 1.93. The first-order chi connectivity index (χ1) is 8.04. The van der Waals surface area contributed by atoms with Gasteiger partial charge in [0.05, 0.1) is 0 Å². The summed E-state index contributed by atoms with van der Waals surface area (Å²) < 4.78 is 21.8. The Morgan fingerprint density at radius 1 is 0.895 bits per heavy atom. The number of aliphatic hydroxyl groups excluding tert-OH is 1. The van der Waals surface area contributed by atoms with Crippen LogP contribution in [0.25, 0.3) is 0 Å². The first-order valence-electron chi connectivity index (χ1n) is 5.75. The molecule has 0 saturated heterocycles. The average Bonchev–Trinajstić information content (AvgIpc) is 2.22. The van der Waals surface area contributed by atoms with Gasteiger partial charge < -0.3 is 24.0 Å². The van der Waals surface area contributed by atoms with Crippen molar-refractivity contribution in [2.24, 2.45) is 0 Å². The van der Waals surface area contributed by atoms with E-state index >= 15 is 0 Å². The van der Waals surface area contributed by atoms with Crippen LogP contribution >= 0.6 is 16.5 Å². The van der Waals surface area contributed by atoms with Crippen molar-refractivity contribution in [1.29, 1.82) is 0 Å². The van der Waals surface area contributed by atoms with Crippen molar-refractivity contribution in [2.75, 3.05) is 6.61 Å². The van der Waals surface area contributed by atoms with Crippen molar-refractivity contribution in [3.05, 3.63) is 0 Å². The van der Waals surface area contributed by atoms with Crippen molar-refractivity contribution < 1.29 is 131 Å². The summed E-state index contributed by atoms with van der Waals surface area (Å²) in [4.78, 5) is 18.6. The van der Waals surface area contributed by atoms with Crippen LogP contribution in [-0.2, 0) is 13.4 Å². The Balaban J connectivity index is -0.000000112. The Labute approximate surface area is 202 Å². The summed E-state index contributed by atoms with van der Waals surface area (Å²) >= 11 is 0. The summed E-state index contributed by atoms with van der Waals surface area (Å²) in [5.41, 5.74) is 0. The zero-order valence-electron chi connectivity index (χ0n) is 12.1. The number of hydrogen-bond donors (Lipinski definition) is 1. The molecule has 0 rings (SSSR count). The minimum absolute atomic E-state index is 0. The zero-order chi connectivity index (χ0) is 13.5. The molecule has 2 atom stereocenters. The van der Waals surface area contributed by atoms with Crippen molar-refractivity contribution in [1.82, 2.24) is 0 Å². The number of rotatable bonds is 9. The van der Waals surface area contributed by atoms with Gasteiger partial charge in [-0.2, -0.15) is 0 Å². The molecule has 0 fully saturated rings. The summed E-state index contributed by atoms with van der Waals surface area (Å²) in [5, 5.41) is 8.47. The van der Waals surface area contributed by atoms with Crippen LogP contribution in [0.15, 0.2) is 0 Å². The molecule has 0 aromatic rings. The molecule has 0 aliphatic heterocycles. The molecule has 2 unspecified atom stereocenters. The second-order valence-electron chi connectivity index (χ2n) is 3.45. The SMILES string of the molecule is CCCCCCCCCO.O=[PH]([O-])O[PH](=O)[O-].[K+].[K+]. The van der Waals surface area contributed by atoms with E-state index in [2.05, 4.69) is 11.2 Å². The minimum Gasteiger partial charge on any atom is -0.781 e. The van der Waals surface area contributed by atoms with Crippen LogP contribution in [0.1, 0.15) is 51.9 Å². The molecule has 0 saturated carbocycles. The molecule has 1 N–H and O–H groups in total. The molecule has 6 nitrogen and oxygen atoms in total. The van der Waals surface area contributed by atoms with E-state index in [1.54, 1.807) is 0 Å². The molecular formula is C9H22K2O6P2. The van der Waals surface area contributed by atoms with E-state index in [1.165, 1.54) is 38.5 Å². The molecule has 0 aliphatic rings. The third-order valence-corrected chi connectivity index (χ3v) is 3.26. The van der Waals surface area contributed by atoms with Crippen LogP contribution in [0, 0.1) is 0 Å². The van der Waals surface area contributed by atoms with Gasteiger partial charge in [0, 0.05) is 6.61 Å². The quantitative estimate of drug-likeness (QED) is 0.249. The van der Waals surface area contributed by atoms with Gasteiger partial charge in [-0.1, -0.05) is 45.4 Å². The van der Waals surface area contributed by atoms with Crippen molar-refractivity contribution in [2.45, 2.75) is 51.9 Å².